The van der Waals surface area contributed by atoms with Gasteiger partial charge in [0.05, 0.1) is 11.4 Å². The summed E-state index contributed by atoms with van der Waals surface area (Å²) >= 11 is 7.36. The fourth-order valence-corrected chi connectivity index (χ4v) is 3.65. The van der Waals surface area contributed by atoms with E-state index in [1.54, 1.807) is 16.8 Å². The molecule has 23 heavy (non-hydrogen) atoms. The number of likely N-dealkylation sites (tertiary alicyclic amines) is 1. The molecule has 1 amide bonds. The van der Waals surface area contributed by atoms with Gasteiger partial charge in [-0.3, -0.25) is 4.79 Å². The number of benzene rings is 1. The fraction of sp³-hybridized carbons (Fsp3) is 0.467. The summed E-state index contributed by atoms with van der Waals surface area (Å²) in [5.74, 6) is 1.06. The van der Waals surface area contributed by atoms with Crippen molar-refractivity contribution in [3.05, 3.63) is 29.3 Å². The Morgan fingerprint density at radius 3 is 3.13 bits per heavy atom. The standard InChI is InChI=1S/C15H18ClN5OS/c1-11-4-3-7-20(9-11)14(22)10-23-15-17-18-19-21(15)13-6-2-5-12(16)8-13/h2,5-6,8,11H,3-4,7,9-10H2,1H3/t11-/m1/s1. The predicted molar refractivity (Wildman–Crippen MR) is 89.9 cm³/mol. The highest BCUT2D eigenvalue weighted by molar-refractivity contribution is 7.99. The van der Waals surface area contributed by atoms with Gasteiger partial charge in [0.1, 0.15) is 0 Å². The third kappa shape index (κ3) is 4.03. The Morgan fingerprint density at radius 2 is 2.35 bits per heavy atom. The average Bonchev–Trinajstić information content (AvgIpc) is 3.01. The maximum atomic E-state index is 12.3. The normalized spacial score (nSPS) is 18.2. The molecule has 0 bridgehead atoms. The Morgan fingerprint density at radius 1 is 1.48 bits per heavy atom. The topological polar surface area (TPSA) is 63.9 Å². The van der Waals surface area contributed by atoms with Crippen molar-refractivity contribution in [1.82, 2.24) is 25.1 Å². The zero-order valence-corrected chi connectivity index (χ0v) is 14.4. The molecule has 0 N–H and O–H groups in total. The average molecular weight is 352 g/mol. The van der Waals surface area contributed by atoms with Crippen LogP contribution in [0.1, 0.15) is 19.8 Å². The van der Waals surface area contributed by atoms with Crippen LogP contribution in [-0.2, 0) is 4.79 Å². The summed E-state index contributed by atoms with van der Waals surface area (Å²) in [5, 5.41) is 12.9. The third-order valence-corrected chi connectivity index (χ3v) is 4.97. The molecule has 122 valence electrons. The number of amides is 1. The second-order valence-corrected chi connectivity index (χ2v) is 7.11. The van der Waals surface area contributed by atoms with E-state index in [9.17, 15) is 4.79 Å². The molecule has 2 aromatic rings. The van der Waals surface area contributed by atoms with Crippen molar-refractivity contribution in [3.63, 3.8) is 0 Å². The zero-order chi connectivity index (χ0) is 16.2. The molecule has 1 saturated heterocycles. The molecular formula is C15H18ClN5OS. The van der Waals surface area contributed by atoms with Gasteiger partial charge in [0.25, 0.3) is 0 Å². The zero-order valence-electron chi connectivity index (χ0n) is 12.9. The van der Waals surface area contributed by atoms with E-state index in [0.29, 0.717) is 21.8 Å². The molecule has 0 unspecified atom stereocenters. The van der Waals surface area contributed by atoms with Crippen molar-refractivity contribution >= 4 is 29.3 Å². The molecule has 1 aromatic carbocycles. The minimum atomic E-state index is 0.141. The van der Waals surface area contributed by atoms with Crippen LogP contribution in [0.4, 0.5) is 0 Å². The first-order chi connectivity index (χ1) is 11.1. The van der Waals surface area contributed by atoms with Crippen LogP contribution >= 0.6 is 23.4 Å². The summed E-state index contributed by atoms with van der Waals surface area (Å²) in [4.78, 5) is 14.3. The Bertz CT molecular complexity index is 692. The number of rotatable bonds is 4. The molecule has 0 spiro atoms. The Hall–Kier alpha value is -1.60. The number of aromatic nitrogens is 4. The third-order valence-electron chi connectivity index (χ3n) is 3.83. The molecule has 0 radical (unpaired) electrons. The number of hydrogen-bond acceptors (Lipinski definition) is 5. The Kier molecular flexibility index (Phi) is 5.17. The molecule has 1 aliphatic heterocycles. The number of nitrogens with zero attached hydrogens (tertiary/aromatic N) is 5. The van der Waals surface area contributed by atoms with E-state index in [1.165, 1.54) is 18.2 Å². The number of tetrazole rings is 1. The largest absolute Gasteiger partial charge is 0.342 e. The molecule has 0 saturated carbocycles. The van der Waals surface area contributed by atoms with E-state index >= 15 is 0 Å². The number of thioether (sulfide) groups is 1. The Labute approximate surface area is 144 Å². The monoisotopic (exact) mass is 351 g/mol. The second-order valence-electron chi connectivity index (χ2n) is 5.73. The summed E-state index contributed by atoms with van der Waals surface area (Å²) in [6, 6.07) is 7.30. The summed E-state index contributed by atoms with van der Waals surface area (Å²) in [7, 11) is 0. The molecule has 2 heterocycles. The van der Waals surface area contributed by atoms with Crippen LogP contribution in [-0.4, -0.2) is 49.9 Å². The summed E-state index contributed by atoms with van der Waals surface area (Å²) in [5.41, 5.74) is 0.782. The number of hydrogen-bond donors (Lipinski definition) is 0. The molecule has 3 rings (SSSR count). The van der Waals surface area contributed by atoms with Gasteiger partial charge in [-0.2, -0.15) is 4.68 Å². The Balaban J connectivity index is 1.65. The highest BCUT2D eigenvalue weighted by Crippen LogP contribution is 2.22. The van der Waals surface area contributed by atoms with Crippen molar-refractivity contribution < 1.29 is 4.79 Å². The fourth-order valence-electron chi connectivity index (χ4n) is 2.67. The number of carbonyl (C=O) groups excluding carboxylic acids is 1. The lowest BCUT2D eigenvalue weighted by Gasteiger charge is -2.30. The molecule has 0 aliphatic carbocycles. The molecule has 8 heteroatoms. The van der Waals surface area contributed by atoms with Gasteiger partial charge in [-0.25, -0.2) is 0 Å². The summed E-state index contributed by atoms with van der Waals surface area (Å²) in [6.07, 6.45) is 2.28. The van der Waals surface area contributed by atoms with Gasteiger partial charge in [-0.05, 0) is 47.4 Å². The van der Waals surface area contributed by atoms with Crippen LogP contribution in [0, 0.1) is 5.92 Å². The first-order valence-electron chi connectivity index (χ1n) is 7.58. The summed E-state index contributed by atoms with van der Waals surface area (Å²) in [6.45, 7) is 3.88. The molecular weight excluding hydrogens is 334 g/mol. The van der Waals surface area contributed by atoms with Gasteiger partial charge >= 0.3 is 0 Å². The molecule has 1 aromatic heterocycles. The first kappa shape index (κ1) is 16.3. The molecule has 6 nitrogen and oxygen atoms in total. The van der Waals surface area contributed by atoms with E-state index in [2.05, 4.69) is 22.4 Å². The van der Waals surface area contributed by atoms with E-state index in [0.717, 1.165) is 25.2 Å². The quantitative estimate of drug-likeness (QED) is 0.792. The molecule has 1 fully saturated rings. The van der Waals surface area contributed by atoms with Crippen LogP contribution in [0.2, 0.25) is 5.02 Å². The van der Waals surface area contributed by atoms with Crippen molar-refractivity contribution in [2.45, 2.75) is 24.9 Å². The first-order valence-corrected chi connectivity index (χ1v) is 8.95. The van der Waals surface area contributed by atoms with Crippen LogP contribution in [0.5, 0.6) is 0 Å². The smallest absolute Gasteiger partial charge is 0.233 e. The molecule has 1 atom stereocenters. The second kappa shape index (κ2) is 7.31. The van der Waals surface area contributed by atoms with Gasteiger partial charge < -0.3 is 4.90 Å². The lowest BCUT2D eigenvalue weighted by atomic mass is 10.0. The molecule has 1 aliphatic rings. The van der Waals surface area contributed by atoms with Gasteiger partial charge in [-0.1, -0.05) is 36.4 Å². The van der Waals surface area contributed by atoms with Crippen molar-refractivity contribution in [1.29, 1.82) is 0 Å². The van der Waals surface area contributed by atoms with E-state index in [-0.39, 0.29) is 5.91 Å². The van der Waals surface area contributed by atoms with Crippen LogP contribution in [0.3, 0.4) is 0 Å². The number of halogens is 1. The van der Waals surface area contributed by atoms with Crippen molar-refractivity contribution in [2.24, 2.45) is 5.92 Å². The van der Waals surface area contributed by atoms with E-state index in [4.69, 9.17) is 11.6 Å². The van der Waals surface area contributed by atoms with Gasteiger partial charge in [0, 0.05) is 18.1 Å². The minimum Gasteiger partial charge on any atom is -0.342 e. The number of piperidine rings is 1. The van der Waals surface area contributed by atoms with Crippen molar-refractivity contribution in [2.75, 3.05) is 18.8 Å². The van der Waals surface area contributed by atoms with Crippen LogP contribution in [0.15, 0.2) is 29.4 Å². The van der Waals surface area contributed by atoms with Crippen LogP contribution in [0.25, 0.3) is 5.69 Å². The van der Waals surface area contributed by atoms with Gasteiger partial charge in [-0.15, -0.1) is 5.10 Å². The summed E-state index contributed by atoms with van der Waals surface area (Å²) < 4.78 is 1.60. The SMILES string of the molecule is C[C@@H]1CCCN(C(=O)CSc2nnnn2-c2cccc(Cl)c2)C1. The van der Waals surface area contributed by atoms with E-state index < -0.39 is 0 Å². The van der Waals surface area contributed by atoms with Crippen molar-refractivity contribution in [3.8, 4) is 5.69 Å². The maximum absolute atomic E-state index is 12.3. The number of carbonyl (C=O) groups is 1. The maximum Gasteiger partial charge on any atom is 0.233 e. The lowest BCUT2D eigenvalue weighted by molar-refractivity contribution is -0.130. The predicted octanol–water partition coefficient (Wildman–Crippen LogP) is 2.67. The van der Waals surface area contributed by atoms with Gasteiger partial charge in [0.15, 0.2) is 0 Å². The van der Waals surface area contributed by atoms with Gasteiger partial charge in [0.2, 0.25) is 11.1 Å². The highest BCUT2D eigenvalue weighted by Gasteiger charge is 2.21. The highest BCUT2D eigenvalue weighted by atomic mass is 35.5. The minimum absolute atomic E-state index is 0.141. The van der Waals surface area contributed by atoms with Crippen LogP contribution < -0.4 is 0 Å². The van der Waals surface area contributed by atoms with E-state index in [1.807, 2.05) is 17.0 Å². The lowest BCUT2D eigenvalue weighted by Crippen LogP contribution is -2.40.